The second-order valence-corrected chi connectivity index (χ2v) is 5.45. The first-order valence-electron chi connectivity index (χ1n) is 8.37. The van der Waals surface area contributed by atoms with E-state index in [1.54, 1.807) is 6.20 Å². The van der Waals surface area contributed by atoms with Crippen molar-refractivity contribution in [3.63, 3.8) is 0 Å². The molecule has 138 valence electrons. The first-order chi connectivity index (χ1) is 11.7. The van der Waals surface area contributed by atoms with E-state index in [9.17, 15) is 0 Å². The van der Waals surface area contributed by atoms with Crippen LogP contribution in [0.25, 0.3) is 0 Å². The minimum absolute atomic E-state index is 0. The normalized spacial score (nSPS) is 11.1. The van der Waals surface area contributed by atoms with Gasteiger partial charge in [0.1, 0.15) is 0 Å². The second-order valence-electron chi connectivity index (χ2n) is 5.45. The summed E-state index contributed by atoms with van der Waals surface area (Å²) in [5, 5.41) is 10.8. The molecule has 2 aromatic rings. The van der Waals surface area contributed by atoms with Gasteiger partial charge in [-0.2, -0.15) is 5.10 Å². The number of halogens is 1. The van der Waals surface area contributed by atoms with Crippen LogP contribution in [-0.4, -0.2) is 28.9 Å². The van der Waals surface area contributed by atoms with Crippen LogP contribution in [0.15, 0.2) is 41.5 Å². The van der Waals surface area contributed by atoms with Crippen LogP contribution in [0.4, 0.5) is 0 Å². The molecule has 0 radical (unpaired) electrons. The summed E-state index contributed by atoms with van der Waals surface area (Å²) in [4.78, 5) is 4.64. The molecule has 25 heavy (non-hydrogen) atoms. The van der Waals surface area contributed by atoms with Crippen molar-refractivity contribution in [3.05, 3.63) is 53.3 Å². The van der Waals surface area contributed by atoms with Gasteiger partial charge in [0.25, 0.3) is 0 Å². The number of guanidine groups is 1. The molecule has 0 amide bonds. The van der Waals surface area contributed by atoms with Crippen LogP contribution in [0.2, 0.25) is 0 Å². The van der Waals surface area contributed by atoms with Gasteiger partial charge in [0, 0.05) is 26.4 Å². The van der Waals surface area contributed by atoms with Crippen LogP contribution in [0.5, 0.6) is 0 Å². The highest BCUT2D eigenvalue weighted by molar-refractivity contribution is 14.0. The molecule has 0 spiro atoms. The predicted molar refractivity (Wildman–Crippen MR) is 112 cm³/mol. The average Bonchev–Trinajstić information content (AvgIpc) is 3.01. The van der Waals surface area contributed by atoms with Crippen LogP contribution < -0.4 is 10.6 Å². The van der Waals surface area contributed by atoms with E-state index in [0.29, 0.717) is 19.7 Å². The first kappa shape index (κ1) is 21.4. The quantitative estimate of drug-likeness (QED) is 0.364. The van der Waals surface area contributed by atoms with Crippen molar-refractivity contribution >= 4 is 29.9 Å². The number of aliphatic imine (C=N–C) groups is 1. The Morgan fingerprint density at radius 3 is 2.44 bits per heavy atom. The number of aryl methyl sites for hydroxylation is 1. The Balaban J connectivity index is 0.00000312. The maximum Gasteiger partial charge on any atom is 0.191 e. The molecule has 0 saturated carbocycles. The molecule has 0 saturated heterocycles. The molecule has 0 aliphatic rings. The van der Waals surface area contributed by atoms with Crippen LogP contribution in [0.1, 0.15) is 30.7 Å². The van der Waals surface area contributed by atoms with Gasteiger partial charge in [-0.1, -0.05) is 24.3 Å². The number of benzene rings is 1. The van der Waals surface area contributed by atoms with E-state index >= 15 is 0 Å². The molecule has 0 aliphatic carbocycles. The maximum absolute atomic E-state index is 5.41. The van der Waals surface area contributed by atoms with Crippen molar-refractivity contribution in [3.8, 4) is 0 Å². The minimum atomic E-state index is 0. The highest BCUT2D eigenvalue weighted by Crippen LogP contribution is 2.07. The summed E-state index contributed by atoms with van der Waals surface area (Å²) in [6.45, 7) is 7.61. The van der Waals surface area contributed by atoms with Gasteiger partial charge in [0.05, 0.1) is 25.4 Å². The van der Waals surface area contributed by atoms with E-state index < -0.39 is 0 Å². The highest BCUT2D eigenvalue weighted by Gasteiger charge is 2.01. The summed E-state index contributed by atoms with van der Waals surface area (Å²) < 4.78 is 7.27. The number of nitrogens with zero attached hydrogens (tertiary/aromatic N) is 3. The van der Waals surface area contributed by atoms with Gasteiger partial charge >= 0.3 is 0 Å². The van der Waals surface area contributed by atoms with Gasteiger partial charge in [0.2, 0.25) is 0 Å². The molecule has 2 rings (SSSR count). The fourth-order valence-corrected chi connectivity index (χ4v) is 2.22. The van der Waals surface area contributed by atoms with Crippen molar-refractivity contribution < 1.29 is 4.74 Å². The fourth-order valence-electron chi connectivity index (χ4n) is 2.22. The number of rotatable bonds is 8. The standard InChI is InChI=1S/C18H27N5O.HI/c1-4-19-18(21-13-17-10-11-22-23(17)3)20-12-15-6-8-16(9-7-15)14-24-5-2;/h6-11H,4-5,12-14H2,1-3H3,(H2,19,20,21);1H. The molecule has 1 heterocycles. The zero-order valence-electron chi connectivity index (χ0n) is 15.2. The maximum atomic E-state index is 5.41. The summed E-state index contributed by atoms with van der Waals surface area (Å²) in [5.41, 5.74) is 3.47. The van der Waals surface area contributed by atoms with Gasteiger partial charge in [0.15, 0.2) is 5.96 Å². The zero-order valence-corrected chi connectivity index (χ0v) is 17.5. The fraction of sp³-hybridized carbons (Fsp3) is 0.444. The average molecular weight is 457 g/mol. The summed E-state index contributed by atoms with van der Waals surface area (Å²) in [7, 11) is 1.94. The third-order valence-corrected chi connectivity index (χ3v) is 3.62. The number of aromatic nitrogens is 2. The van der Waals surface area contributed by atoms with Gasteiger partial charge < -0.3 is 15.4 Å². The lowest BCUT2D eigenvalue weighted by molar-refractivity contribution is 0.134. The van der Waals surface area contributed by atoms with E-state index in [4.69, 9.17) is 4.74 Å². The first-order valence-corrected chi connectivity index (χ1v) is 8.37. The largest absolute Gasteiger partial charge is 0.377 e. The van der Waals surface area contributed by atoms with E-state index in [0.717, 1.165) is 24.8 Å². The summed E-state index contributed by atoms with van der Waals surface area (Å²) in [5.74, 6) is 0.803. The Hall–Kier alpha value is -1.61. The number of hydrogen-bond acceptors (Lipinski definition) is 3. The molecule has 2 N–H and O–H groups in total. The summed E-state index contributed by atoms with van der Waals surface area (Å²) >= 11 is 0. The molecular weight excluding hydrogens is 429 g/mol. The van der Waals surface area contributed by atoms with Crippen molar-refractivity contribution in [2.45, 2.75) is 33.5 Å². The lowest BCUT2D eigenvalue weighted by Crippen LogP contribution is -2.37. The van der Waals surface area contributed by atoms with Crippen molar-refractivity contribution in [2.24, 2.45) is 12.0 Å². The van der Waals surface area contributed by atoms with E-state index in [1.807, 2.05) is 24.7 Å². The van der Waals surface area contributed by atoms with Gasteiger partial charge in [-0.05, 0) is 31.0 Å². The number of ether oxygens (including phenoxy) is 1. The van der Waals surface area contributed by atoms with Gasteiger partial charge in [-0.15, -0.1) is 24.0 Å². The van der Waals surface area contributed by atoms with Crippen molar-refractivity contribution in [2.75, 3.05) is 13.2 Å². The molecule has 0 aliphatic heterocycles. The Morgan fingerprint density at radius 1 is 1.12 bits per heavy atom. The van der Waals surface area contributed by atoms with Crippen LogP contribution >= 0.6 is 24.0 Å². The number of nitrogens with one attached hydrogen (secondary N) is 2. The van der Waals surface area contributed by atoms with Crippen LogP contribution in [0.3, 0.4) is 0 Å². The van der Waals surface area contributed by atoms with E-state index in [2.05, 4.69) is 51.9 Å². The molecule has 0 unspecified atom stereocenters. The number of hydrogen-bond donors (Lipinski definition) is 2. The third-order valence-electron chi connectivity index (χ3n) is 3.62. The monoisotopic (exact) mass is 457 g/mol. The third kappa shape index (κ3) is 7.43. The van der Waals surface area contributed by atoms with Crippen molar-refractivity contribution in [1.29, 1.82) is 0 Å². The Labute approximate surface area is 167 Å². The summed E-state index contributed by atoms with van der Waals surface area (Å²) in [6, 6.07) is 10.4. The topological polar surface area (TPSA) is 63.5 Å². The molecule has 0 atom stereocenters. The van der Waals surface area contributed by atoms with Gasteiger partial charge in [-0.3, -0.25) is 4.68 Å². The predicted octanol–water partition coefficient (Wildman–Crippen LogP) is 2.83. The smallest absolute Gasteiger partial charge is 0.191 e. The Bertz CT molecular complexity index is 639. The minimum Gasteiger partial charge on any atom is -0.377 e. The van der Waals surface area contributed by atoms with E-state index in [1.165, 1.54) is 11.1 Å². The molecule has 1 aromatic heterocycles. The molecule has 0 fully saturated rings. The second kappa shape index (κ2) is 11.9. The molecule has 7 heteroatoms. The SMILES string of the molecule is CCNC(=NCc1ccc(COCC)cc1)NCc1ccnn1C.I. The van der Waals surface area contributed by atoms with Crippen molar-refractivity contribution in [1.82, 2.24) is 20.4 Å². The van der Waals surface area contributed by atoms with Gasteiger partial charge in [-0.25, -0.2) is 4.99 Å². The molecular formula is C18H28IN5O. The van der Waals surface area contributed by atoms with E-state index in [-0.39, 0.29) is 24.0 Å². The lowest BCUT2D eigenvalue weighted by atomic mass is 10.1. The van der Waals surface area contributed by atoms with Crippen LogP contribution in [-0.2, 0) is 31.5 Å². The highest BCUT2D eigenvalue weighted by atomic mass is 127. The molecule has 0 bridgehead atoms. The van der Waals surface area contributed by atoms with Crippen LogP contribution in [0, 0.1) is 0 Å². The zero-order chi connectivity index (χ0) is 17.2. The lowest BCUT2D eigenvalue weighted by Gasteiger charge is -2.11. The summed E-state index contributed by atoms with van der Waals surface area (Å²) in [6.07, 6.45) is 1.80. The Kier molecular flexibility index (Phi) is 10.2. The molecule has 6 nitrogen and oxygen atoms in total. The Morgan fingerprint density at radius 2 is 1.84 bits per heavy atom. The molecule has 1 aromatic carbocycles.